The van der Waals surface area contributed by atoms with Gasteiger partial charge in [-0.1, -0.05) is 11.2 Å². The molecule has 114 valence electrons. The summed E-state index contributed by atoms with van der Waals surface area (Å²) in [6.07, 6.45) is 5.48. The number of pyridine rings is 1. The van der Waals surface area contributed by atoms with Gasteiger partial charge >= 0.3 is 0 Å². The second-order valence-electron chi connectivity index (χ2n) is 5.35. The zero-order valence-corrected chi connectivity index (χ0v) is 12.5. The first-order valence-electron chi connectivity index (χ1n) is 7.19. The molecule has 6 nitrogen and oxygen atoms in total. The molecule has 1 aliphatic rings. The molecule has 3 heterocycles. The quantitative estimate of drug-likeness (QED) is 0.583. The van der Waals surface area contributed by atoms with Crippen molar-refractivity contribution in [3.63, 3.8) is 0 Å². The van der Waals surface area contributed by atoms with E-state index in [0.29, 0.717) is 12.3 Å². The zero-order chi connectivity index (χ0) is 15.8. The molecule has 0 unspecified atom stereocenters. The third-order valence-electron chi connectivity index (χ3n) is 3.87. The lowest BCUT2D eigenvalue weighted by molar-refractivity contribution is 0.313. The molecule has 1 aliphatic heterocycles. The minimum Gasteiger partial charge on any atom is -0.486 e. The van der Waals surface area contributed by atoms with Crippen molar-refractivity contribution in [3.05, 3.63) is 54.5 Å². The van der Waals surface area contributed by atoms with Crippen LogP contribution in [0.25, 0.3) is 22.4 Å². The maximum Gasteiger partial charge on any atom is 0.134 e. The molecule has 0 aliphatic carbocycles. The summed E-state index contributed by atoms with van der Waals surface area (Å²) in [7, 11) is 1.89. The Morgan fingerprint density at radius 1 is 1.13 bits per heavy atom. The van der Waals surface area contributed by atoms with Gasteiger partial charge in [0.05, 0.1) is 0 Å². The average molecular weight is 306 g/mol. The molecule has 23 heavy (non-hydrogen) atoms. The van der Waals surface area contributed by atoms with E-state index in [1.165, 1.54) is 0 Å². The molecule has 0 spiro atoms. The summed E-state index contributed by atoms with van der Waals surface area (Å²) in [5.41, 5.74) is 5.24. The van der Waals surface area contributed by atoms with Crippen LogP contribution in [-0.2, 0) is 7.05 Å². The minimum absolute atomic E-state index is 0.291. The summed E-state index contributed by atoms with van der Waals surface area (Å²) in [6.45, 7) is 0.291. The summed E-state index contributed by atoms with van der Waals surface area (Å²) in [5, 5.41) is 17.0. The van der Waals surface area contributed by atoms with Crippen LogP contribution in [0.15, 0.2) is 54.1 Å². The first-order chi connectivity index (χ1) is 11.3. The lowest BCUT2D eigenvalue weighted by Gasteiger charge is -2.05. The standard InChI is InChI=1S/C17H14N4O2/c1-21-9-14(17(19-21)11-4-6-18-7-5-11)12-2-3-16-13(8-12)15(20-22)10-23-16/h2-9,22H,10H2,1H3. The Bertz CT molecular complexity index is 900. The van der Waals surface area contributed by atoms with Crippen molar-refractivity contribution in [2.45, 2.75) is 0 Å². The molecule has 0 amide bonds. The van der Waals surface area contributed by atoms with Crippen molar-refractivity contribution in [3.8, 4) is 28.1 Å². The van der Waals surface area contributed by atoms with E-state index in [1.54, 1.807) is 17.1 Å². The second-order valence-corrected chi connectivity index (χ2v) is 5.35. The number of ether oxygens (including phenoxy) is 1. The van der Waals surface area contributed by atoms with Crippen molar-refractivity contribution in [2.24, 2.45) is 12.2 Å². The molecule has 1 aromatic carbocycles. The number of hydrogen-bond acceptors (Lipinski definition) is 5. The third-order valence-corrected chi connectivity index (χ3v) is 3.87. The van der Waals surface area contributed by atoms with Crippen LogP contribution in [0.5, 0.6) is 5.75 Å². The largest absolute Gasteiger partial charge is 0.486 e. The molecule has 0 radical (unpaired) electrons. The van der Waals surface area contributed by atoms with Gasteiger partial charge in [-0.25, -0.2) is 0 Å². The predicted molar refractivity (Wildman–Crippen MR) is 85.7 cm³/mol. The van der Waals surface area contributed by atoms with Gasteiger partial charge in [0, 0.05) is 42.3 Å². The SMILES string of the molecule is Cn1cc(-c2ccc3c(c2)C(=NO)CO3)c(-c2ccncc2)n1. The van der Waals surface area contributed by atoms with Crippen LogP contribution >= 0.6 is 0 Å². The van der Waals surface area contributed by atoms with E-state index >= 15 is 0 Å². The Hall–Kier alpha value is -3.15. The van der Waals surface area contributed by atoms with Crippen LogP contribution in [0.2, 0.25) is 0 Å². The highest BCUT2D eigenvalue weighted by Gasteiger charge is 2.22. The van der Waals surface area contributed by atoms with E-state index in [2.05, 4.69) is 15.2 Å². The highest BCUT2D eigenvalue weighted by atomic mass is 16.5. The normalized spacial score (nSPS) is 14.7. The minimum atomic E-state index is 0.291. The van der Waals surface area contributed by atoms with Crippen LogP contribution in [0.4, 0.5) is 0 Å². The summed E-state index contributed by atoms with van der Waals surface area (Å²) < 4.78 is 7.28. The highest BCUT2D eigenvalue weighted by molar-refractivity contribution is 6.06. The molecule has 4 rings (SSSR count). The van der Waals surface area contributed by atoms with E-state index in [-0.39, 0.29) is 0 Å². The molecular weight excluding hydrogens is 292 g/mol. The first-order valence-corrected chi connectivity index (χ1v) is 7.19. The summed E-state index contributed by atoms with van der Waals surface area (Å²) in [4.78, 5) is 4.05. The Morgan fingerprint density at radius 3 is 2.74 bits per heavy atom. The number of rotatable bonds is 2. The molecule has 6 heteroatoms. The van der Waals surface area contributed by atoms with E-state index in [1.807, 2.05) is 43.6 Å². The lowest BCUT2D eigenvalue weighted by Crippen LogP contribution is -2.01. The number of benzene rings is 1. The third kappa shape index (κ3) is 2.24. The van der Waals surface area contributed by atoms with Crippen molar-refractivity contribution < 1.29 is 9.94 Å². The van der Waals surface area contributed by atoms with E-state index < -0.39 is 0 Å². The highest BCUT2D eigenvalue weighted by Crippen LogP contribution is 2.35. The first kappa shape index (κ1) is 13.5. The topological polar surface area (TPSA) is 72.5 Å². The second kappa shape index (κ2) is 5.24. The van der Waals surface area contributed by atoms with Crippen LogP contribution in [0.3, 0.4) is 0 Å². The Labute approximate surface area is 132 Å². The molecular formula is C17H14N4O2. The van der Waals surface area contributed by atoms with Crippen LogP contribution < -0.4 is 4.74 Å². The van der Waals surface area contributed by atoms with Crippen LogP contribution in [0.1, 0.15) is 5.56 Å². The maximum absolute atomic E-state index is 9.10. The molecule has 0 saturated heterocycles. The Balaban J connectivity index is 1.87. The molecule has 0 bridgehead atoms. The number of aryl methyl sites for hydroxylation is 1. The maximum atomic E-state index is 9.10. The van der Waals surface area contributed by atoms with Gasteiger partial charge in [-0.3, -0.25) is 9.67 Å². The zero-order valence-electron chi connectivity index (χ0n) is 12.5. The molecule has 1 N–H and O–H groups in total. The van der Waals surface area contributed by atoms with Crippen molar-refractivity contribution in [1.29, 1.82) is 0 Å². The number of aromatic nitrogens is 3. The van der Waals surface area contributed by atoms with Gasteiger partial charge in [-0.2, -0.15) is 5.10 Å². The van der Waals surface area contributed by atoms with Crippen molar-refractivity contribution in [1.82, 2.24) is 14.8 Å². The fourth-order valence-electron chi connectivity index (χ4n) is 2.78. The van der Waals surface area contributed by atoms with Gasteiger partial charge in [0.25, 0.3) is 0 Å². The summed E-state index contributed by atoms with van der Waals surface area (Å²) >= 11 is 0. The fraction of sp³-hybridized carbons (Fsp3) is 0.118. The number of hydrogen-bond donors (Lipinski definition) is 1. The predicted octanol–water partition coefficient (Wildman–Crippen LogP) is 2.72. The van der Waals surface area contributed by atoms with E-state index in [4.69, 9.17) is 9.94 Å². The number of oxime groups is 1. The molecule has 0 saturated carbocycles. The van der Waals surface area contributed by atoms with Crippen molar-refractivity contribution >= 4 is 5.71 Å². The monoisotopic (exact) mass is 306 g/mol. The fourth-order valence-corrected chi connectivity index (χ4v) is 2.78. The average Bonchev–Trinajstić information content (AvgIpc) is 3.18. The summed E-state index contributed by atoms with van der Waals surface area (Å²) in [5.74, 6) is 0.732. The molecule has 0 atom stereocenters. The van der Waals surface area contributed by atoms with Crippen molar-refractivity contribution in [2.75, 3.05) is 6.61 Å². The van der Waals surface area contributed by atoms with E-state index in [0.717, 1.165) is 33.7 Å². The van der Waals surface area contributed by atoms with Crippen LogP contribution in [0, 0.1) is 0 Å². The smallest absolute Gasteiger partial charge is 0.134 e. The van der Waals surface area contributed by atoms with Gasteiger partial charge in [-0.05, 0) is 29.8 Å². The summed E-state index contributed by atoms with van der Waals surface area (Å²) in [6, 6.07) is 9.72. The Morgan fingerprint density at radius 2 is 1.96 bits per heavy atom. The van der Waals surface area contributed by atoms with Gasteiger partial charge < -0.3 is 9.94 Å². The molecule has 3 aromatic rings. The van der Waals surface area contributed by atoms with Gasteiger partial charge in [0.1, 0.15) is 23.8 Å². The molecule has 0 fully saturated rings. The lowest BCUT2D eigenvalue weighted by atomic mass is 9.99. The van der Waals surface area contributed by atoms with Gasteiger partial charge in [0.2, 0.25) is 0 Å². The van der Waals surface area contributed by atoms with Gasteiger partial charge in [0.15, 0.2) is 0 Å². The van der Waals surface area contributed by atoms with E-state index in [9.17, 15) is 0 Å². The van der Waals surface area contributed by atoms with Crippen LogP contribution in [-0.4, -0.2) is 32.3 Å². The van der Waals surface area contributed by atoms with Gasteiger partial charge in [-0.15, -0.1) is 0 Å². The molecule has 2 aromatic heterocycles. The number of fused-ring (bicyclic) bond motifs is 1. The Kier molecular flexibility index (Phi) is 3.08. The number of nitrogens with zero attached hydrogens (tertiary/aromatic N) is 4.